The zero-order valence-corrected chi connectivity index (χ0v) is 9.87. The maximum atomic E-state index is 11.0. The summed E-state index contributed by atoms with van der Waals surface area (Å²) in [5, 5.41) is 19.8. The van der Waals surface area contributed by atoms with E-state index in [4.69, 9.17) is 5.11 Å². The van der Waals surface area contributed by atoms with Crippen LogP contribution in [0.3, 0.4) is 0 Å². The number of carboxylic acid groups (broad SMARTS) is 1. The first-order valence-electron chi connectivity index (χ1n) is 5.42. The summed E-state index contributed by atoms with van der Waals surface area (Å²) < 4.78 is 1.83. The predicted octanol–water partition coefficient (Wildman–Crippen LogP) is 0.563. The highest BCUT2D eigenvalue weighted by Gasteiger charge is 2.09. The van der Waals surface area contributed by atoms with Gasteiger partial charge in [0.2, 0.25) is 0 Å². The van der Waals surface area contributed by atoms with Gasteiger partial charge in [0, 0.05) is 32.4 Å². The third kappa shape index (κ3) is 2.62. The molecule has 2 N–H and O–H groups in total. The number of nitrogens with one attached hydrogen (secondary N) is 1. The largest absolute Gasteiger partial charge is 0.478 e. The van der Waals surface area contributed by atoms with E-state index in [1.54, 1.807) is 18.6 Å². The average Bonchev–Trinajstić information content (AvgIpc) is 2.76. The molecular formula is C11H13N5O2. The first-order valence-corrected chi connectivity index (χ1v) is 5.42. The van der Waals surface area contributed by atoms with Crippen LogP contribution in [-0.4, -0.2) is 37.4 Å². The molecule has 2 aromatic rings. The minimum absolute atomic E-state index is 0.162. The molecule has 0 unspecified atom stereocenters. The molecule has 7 heteroatoms. The Balaban J connectivity index is 1.99. The van der Waals surface area contributed by atoms with Crippen LogP contribution in [0.5, 0.6) is 0 Å². The van der Waals surface area contributed by atoms with Crippen molar-refractivity contribution in [3.05, 3.63) is 36.2 Å². The summed E-state index contributed by atoms with van der Waals surface area (Å²) in [5.74, 6) is -0.155. The van der Waals surface area contributed by atoms with E-state index in [0.717, 1.165) is 5.82 Å². The highest BCUT2D eigenvalue weighted by Crippen LogP contribution is 2.13. The highest BCUT2D eigenvalue weighted by molar-refractivity contribution is 5.93. The van der Waals surface area contributed by atoms with Gasteiger partial charge < -0.3 is 15.0 Å². The maximum absolute atomic E-state index is 11.0. The van der Waals surface area contributed by atoms with Crippen molar-refractivity contribution in [1.29, 1.82) is 0 Å². The molecule has 0 fully saturated rings. The van der Waals surface area contributed by atoms with Crippen LogP contribution in [-0.2, 0) is 13.5 Å². The second-order valence-electron chi connectivity index (χ2n) is 3.76. The van der Waals surface area contributed by atoms with Crippen LogP contribution in [0, 0.1) is 0 Å². The zero-order valence-electron chi connectivity index (χ0n) is 9.87. The lowest BCUT2D eigenvalue weighted by Crippen LogP contribution is -2.11. The average molecular weight is 247 g/mol. The zero-order chi connectivity index (χ0) is 13.0. The number of aryl methyl sites for hydroxylation is 1. The first kappa shape index (κ1) is 12.0. The number of nitrogens with zero attached hydrogens (tertiary/aromatic N) is 4. The van der Waals surface area contributed by atoms with Crippen LogP contribution in [0.15, 0.2) is 24.8 Å². The molecule has 0 bridgehead atoms. The number of pyridine rings is 1. The van der Waals surface area contributed by atoms with Crippen molar-refractivity contribution in [3.8, 4) is 0 Å². The second-order valence-corrected chi connectivity index (χ2v) is 3.76. The van der Waals surface area contributed by atoms with E-state index in [1.165, 1.54) is 6.20 Å². The Kier molecular flexibility index (Phi) is 3.52. The number of hydrogen-bond donors (Lipinski definition) is 2. The van der Waals surface area contributed by atoms with Crippen molar-refractivity contribution in [3.63, 3.8) is 0 Å². The van der Waals surface area contributed by atoms with Crippen molar-refractivity contribution >= 4 is 11.7 Å². The number of aromatic carboxylic acids is 1. The van der Waals surface area contributed by atoms with Gasteiger partial charge in [-0.05, 0) is 6.07 Å². The first-order chi connectivity index (χ1) is 8.68. The standard InChI is InChI=1S/C11H13N5O2/c1-16-7-14-15-10(16)3-5-13-9-2-4-12-6-8(9)11(17)18/h2,4,6-7H,3,5H2,1H3,(H,12,13)(H,17,18). The Bertz CT molecular complexity index is 552. The molecule has 18 heavy (non-hydrogen) atoms. The predicted molar refractivity (Wildman–Crippen MR) is 64.4 cm³/mol. The molecule has 0 saturated carbocycles. The monoisotopic (exact) mass is 247 g/mol. The van der Waals surface area contributed by atoms with E-state index < -0.39 is 5.97 Å². The third-order valence-corrected chi connectivity index (χ3v) is 2.52. The lowest BCUT2D eigenvalue weighted by atomic mass is 10.2. The highest BCUT2D eigenvalue weighted by atomic mass is 16.4. The molecule has 0 aliphatic heterocycles. The number of carboxylic acids is 1. The Morgan fingerprint density at radius 2 is 2.39 bits per heavy atom. The van der Waals surface area contributed by atoms with Gasteiger partial charge in [0.25, 0.3) is 0 Å². The third-order valence-electron chi connectivity index (χ3n) is 2.52. The van der Waals surface area contributed by atoms with Crippen molar-refractivity contribution < 1.29 is 9.90 Å². The fourth-order valence-electron chi connectivity index (χ4n) is 1.56. The fourth-order valence-corrected chi connectivity index (χ4v) is 1.56. The van der Waals surface area contributed by atoms with Crippen molar-refractivity contribution in [2.45, 2.75) is 6.42 Å². The van der Waals surface area contributed by atoms with Gasteiger partial charge in [-0.2, -0.15) is 0 Å². The molecule has 2 aromatic heterocycles. The summed E-state index contributed by atoms with van der Waals surface area (Å²) in [7, 11) is 1.87. The Morgan fingerprint density at radius 1 is 1.56 bits per heavy atom. The van der Waals surface area contributed by atoms with Crippen LogP contribution in [0.2, 0.25) is 0 Å². The topological polar surface area (TPSA) is 92.9 Å². The summed E-state index contributed by atoms with van der Waals surface area (Å²) >= 11 is 0. The number of anilines is 1. The molecular weight excluding hydrogens is 234 g/mol. The summed E-state index contributed by atoms with van der Waals surface area (Å²) in [6.45, 7) is 0.580. The smallest absolute Gasteiger partial charge is 0.339 e. The summed E-state index contributed by atoms with van der Waals surface area (Å²) in [5.41, 5.74) is 0.718. The summed E-state index contributed by atoms with van der Waals surface area (Å²) in [6.07, 6.45) is 5.17. The molecule has 0 radical (unpaired) electrons. The van der Waals surface area contributed by atoms with Crippen LogP contribution in [0.4, 0.5) is 5.69 Å². The molecule has 0 aliphatic carbocycles. The molecule has 2 heterocycles. The Morgan fingerprint density at radius 3 is 3.06 bits per heavy atom. The van der Waals surface area contributed by atoms with Gasteiger partial charge >= 0.3 is 5.97 Å². The van der Waals surface area contributed by atoms with Gasteiger partial charge in [-0.25, -0.2) is 4.79 Å². The molecule has 0 spiro atoms. The quantitative estimate of drug-likeness (QED) is 0.802. The van der Waals surface area contributed by atoms with E-state index in [1.807, 2.05) is 11.6 Å². The fraction of sp³-hybridized carbons (Fsp3) is 0.273. The summed E-state index contributed by atoms with van der Waals surface area (Å²) in [6, 6.07) is 1.64. The number of rotatable bonds is 5. The van der Waals surface area contributed by atoms with Gasteiger partial charge in [-0.1, -0.05) is 0 Å². The molecule has 2 rings (SSSR count). The lowest BCUT2D eigenvalue weighted by Gasteiger charge is -2.08. The Hall–Kier alpha value is -2.44. The molecule has 0 amide bonds. The number of hydrogen-bond acceptors (Lipinski definition) is 5. The number of aromatic nitrogens is 4. The van der Waals surface area contributed by atoms with Gasteiger partial charge in [-0.3, -0.25) is 4.98 Å². The lowest BCUT2D eigenvalue weighted by molar-refractivity contribution is 0.0697. The SMILES string of the molecule is Cn1cnnc1CCNc1ccncc1C(=O)O. The van der Waals surface area contributed by atoms with E-state index in [0.29, 0.717) is 18.7 Å². The number of carbonyl (C=O) groups is 1. The second kappa shape index (κ2) is 5.26. The minimum Gasteiger partial charge on any atom is -0.478 e. The van der Waals surface area contributed by atoms with Crippen molar-refractivity contribution in [1.82, 2.24) is 19.7 Å². The van der Waals surface area contributed by atoms with Crippen molar-refractivity contribution in [2.24, 2.45) is 7.05 Å². The van der Waals surface area contributed by atoms with Crippen LogP contribution in [0.1, 0.15) is 16.2 Å². The molecule has 94 valence electrons. The van der Waals surface area contributed by atoms with E-state index >= 15 is 0 Å². The van der Waals surface area contributed by atoms with Gasteiger partial charge in [0.15, 0.2) is 0 Å². The maximum Gasteiger partial charge on any atom is 0.339 e. The van der Waals surface area contributed by atoms with Gasteiger partial charge in [0.05, 0.1) is 5.69 Å². The molecule has 0 saturated heterocycles. The van der Waals surface area contributed by atoms with Crippen LogP contribution < -0.4 is 5.32 Å². The van der Waals surface area contributed by atoms with Gasteiger partial charge in [-0.15, -0.1) is 10.2 Å². The molecule has 0 atom stereocenters. The van der Waals surface area contributed by atoms with E-state index in [2.05, 4.69) is 20.5 Å². The summed E-state index contributed by atoms with van der Waals surface area (Å²) in [4.78, 5) is 14.8. The van der Waals surface area contributed by atoms with Crippen molar-refractivity contribution in [2.75, 3.05) is 11.9 Å². The Labute approximate surface area is 104 Å². The van der Waals surface area contributed by atoms with Crippen LogP contribution in [0.25, 0.3) is 0 Å². The molecule has 0 aromatic carbocycles. The minimum atomic E-state index is -0.996. The van der Waals surface area contributed by atoms with E-state index in [9.17, 15) is 4.79 Å². The molecule has 7 nitrogen and oxygen atoms in total. The van der Waals surface area contributed by atoms with E-state index in [-0.39, 0.29) is 5.56 Å². The van der Waals surface area contributed by atoms with Gasteiger partial charge in [0.1, 0.15) is 17.7 Å². The normalized spacial score (nSPS) is 10.3. The van der Waals surface area contributed by atoms with Crippen LogP contribution >= 0.6 is 0 Å². The molecule has 0 aliphatic rings.